The highest BCUT2D eigenvalue weighted by atomic mass is 35.5. The van der Waals surface area contributed by atoms with E-state index in [1.165, 1.54) is 0 Å². The molecule has 0 aromatic heterocycles. The molecule has 17 heavy (non-hydrogen) atoms. The summed E-state index contributed by atoms with van der Waals surface area (Å²) in [5.74, 6) is 0. The molecule has 1 nitrogen and oxygen atoms in total. The lowest BCUT2D eigenvalue weighted by Gasteiger charge is -2.03. The van der Waals surface area contributed by atoms with Crippen molar-refractivity contribution in [3.63, 3.8) is 0 Å². The first-order valence-corrected chi connectivity index (χ1v) is 6.39. The van der Waals surface area contributed by atoms with Gasteiger partial charge in [-0.2, -0.15) is 5.26 Å². The van der Waals surface area contributed by atoms with E-state index in [0.717, 1.165) is 9.79 Å². The molecular formula is C13H7Cl2NS. The molecule has 0 spiro atoms. The van der Waals surface area contributed by atoms with Crippen molar-refractivity contribution in [1.82, 2.24) is 0 Å². The third-order valence-electron chi connectivity index (χ3n) is 2.11. The van der Waals surface area contributed by atoms with Gasteiger partial charge in [0.1, 0.15) is 0 Å². The van der Waals surface area contributed by atoms with E-state index in [9.17, 15) is 0 Å². The molecule has 2 rings (SSSR count). The van der Waals surface area contributed by atoms with Crippen LogP contribution in [0.5, 0.6) is 0 Å². The zero-order valence-corrected chi connectivity index (χ0v) is 11.0. The van der Waals surface area contributed by atoms with Gasteiger partial charge in [0.25, 0.3) is 0 Å². The fourth-order valence-electron chi connectivity index (χ4n) is 1.27. The van der Waals surface area contributed by atoms with Crippen molar-refractivity contribution in [3.8, 4) is 6.07 Å². The van der Waals surface area contributed by atoms with Gasteiger partial charge >= 0.3 is 0 Å². The third kappa shape index (κ3) is 3.17. The fourth-order valence-corrected chi connectivity index (χ4v) is 2.49. The van der Waals surface area contributed by atoms with Crippen molar-refractivity contribution in [2.75, 3.05) is 0 Å². The maximum atomic E-state index is 8.70. The number of nitrogens with zero attached hydrogens (tertiary/aromatic N) is 1. The largest absolute Gasteiger partial charge is 0.192 e. The lowest BCUT2D eigenvalue weighted by Crippen LogP contribution is -1.77. The van der Waals surface area contributed by atoms with Crippen LogP contribution in [0.2, 0.25) is 10.0 Å². The Hall–Kier alpha value is -1.14. The molecule has 0 fully saturated rings. The molecule has 0 atom stereocenters. The van der Waals surface area contributed by atoms with Crippen molar-refractivity contribution in [2.24, 2.45) is 0 Å². The maximum absolute atomic E-state index is 8.70. The van der Waals surface area contributed by atoms with Gasteiger partial charge in [0.15, 0.2) is 0 Å². The van der Waals surface area contributed by atoms with Gasteiger partial charge < -0.3 is 0 Å². The van der Waals surface area contributed by atoms with E-state index in [4.69, 9.17) is 28.5 Å². The topological polar surface area (TPSA) is 23.8 Å². The second-order valence-corrected chi connectivity index (χ2v) is 5.28. The zero-order chi connectivity index (χ0) is 12.3. The molecule has 0 unspecified atom stereocenters. The van der Waals surface area contributed by atoms with Crippen LogP contribution in [0.15, 0.2) is 52.3 Å². The van der Waals surface area contributed by atoms with Crippen molar-refractivity contribution in [3.05, 3.63) is 58.1 Å². The minimum atomic E-state index is 0.547. The summed E-state index contributed by atoms with van der Waals surface area (Å²) in [5, 5.41) is 9.79. The standard InChI is InChI=1S/C13H7Cl2NS/c14-12-6-5-11(7-13(12)15)17-10-3-1-9(8-16)2-4-10/h1-7H. The Bertz CT molecular complexity index is 573. The monoisotopic (exact) mass is 279 g/mol. The van der Waals surface area contributed by atoms with Crippen LogP contribution in [-0.2, 0) is 0 Å². The molecule has 0 aliphatic rings. The molecule has 2 aromatic rings. The zero-order valence-electron chi connectivity index (χ0n) is 8.65. The second kappa shape index (κ2) is 5.46. The number of halogens is 2. The average Bonchev–Trinajstić information content (AvgIpc) is 2.35. The van der Waals surface area contributed by atoms with Crippen LogP contribution in [0.3, 0.4) is 0 Å². The summed E-state index contributed by atoms with van der Waals surface area (Å²) in [4.78, 5) is 2.08. The molecule has 0 aliphatic heterocycles. The molecule has 4 heteroatoms. The summed E-state index contributed by atoms with van der Waals surface area (Å²) in [6.07, 6.45) is 0. The summed E-state index contributed by atoms with van der Waals surface area (Å²) >= 11 is 13.4. The molecule has 0 saturated carbocycles. The molecule has 0 radical (unpaired) electrons. The van der Waals surface area contributed by atoms with Crippen molar-refractivity contribution < 1.29 is 0 Å². The van der Waals surface area contributed by atoms with Crippen LogP contribution >= 0.6 is 35.0 Å². The molecule has 84 valence electrons. The van der Waals surface area contributed by atoms with E-state index in [1.807, 2.05) is 24.3 Å². The van der Waals surface area contributed by atoms with Crippen LogP contribution in [0.1, 0.15) is 5.56 Å². The Morgan fingerprint density at radius 2 is 1.53 bits per heavy atom. The Morgan fingerprint density at radius 3 is 2.12 bits per heavy atom. The average molecular weight is 280 g/mol. The van der Waals surface area contributed by atoms with Crippen molar-refractivity contribution in [1.29, 1.82) is 5.26 Å². The third-order valence-corrected chi connectivity index (χ3v) is 3.85. The number of nitriles is 1. The Morgan fingerprint density at radius 1 is 0.882 bits per heavy atom. The molecule has 0 N–H and O–H groups in total. The summed E-state index contributed by atoms with van der Waals surface area (Å²) in [7, 11) is 0. The molecule has 0 heterocycles. The lowest BCUT2D eigenvalue weighted by atomic mass is 10.2. The van der Waals surface area contributed by atoms with Gasteiger partial charge in [-0.3, -0.25) is 0 Å². The predicted molar refractivity (Wildman–Crippen MR) is 71.7 cm³/mol. The predicted octanol–water partition coefficient (Wildman–Crippen LogP) is 5.02. The molecule has 0 aliphatic carbocycles. The van der Waals surface area contributed by atoms with Gasteiger partial charge in [0, 0.05) is 9.79 Å². The van der Waals surface area contributed by atoms with Gasteiger partial charge in [-0.25, -0.2) is 0 Å². The fraction of sp³-hybridized carbons (Fsp3) is 0. The molecule has 0 saturated heterocycles. The highest BCUT2D eigenvalue weighted by Crippen LogP contribution is 2.32. The van der Waals surface area contributed by atoms with E-state index in [-0.39, 0.29) is 0 Å². The van der Waals surface area contributed by atoms with Crippen LogP contribution in [0.25, 0.3) is 0 Å². The highest BCUT2D eigenvalue weighted by Gasteiger charge is 2.01. The van der Waals surface area contributed by atoms with E-state index in [1.54, 1.807) is 30.0 Å². The van der Waals surface area contributed by atoms with E-state index < -0.39 is 0 Å². The second-order valence-electron chi connectivity index (χ2n) is 3.31. The Labute approximate surface area is 114 Å². The first kappa shape index (κ1) is 12.3. The summed E-state index contributed by atoms with van der Waals surface area (Å²) in [6.45, 7) is 0. The van der Waals surface area contributed by atoms with Crippen LogP contribution in [0.4, 0.5) is 0 Å². The summed E-state index contributed by atoms with van der Waals surface area (Å²) in [6, 6.07) is 15.0. The van der Waals surface area contributed by atoms with Gasteiger partial charge in [0.05, 0.1) is 21.7 Å². The van der Waals surface area contributed by atoms with Gasteiger partial charge in [-0.1, -0.05) is 35.0 Å². The first-order valence-electron chi connectivity index (χ1n) is 4.82. The van der Waals surface area contributed by atoms with Gasteiger partial charge in [0.2, 0.25) is 0 Å². The molecule has 0 bridgehead atoms. The molecular weight excluding hydrogens is 273 g/mol. The van der Waals surface area contributed by atoms with Crippen LogP contribution in [0, 0.1) is 11.3 Å². The first-order chi connectivity index (χ1) is 8.19. The summed E-state index contributed by atoms with van der Waals surface area (Å²) in [5.41, 5.74) is 0.656. The van der Waals surface area contributed by atoms with Crippen LogP contribution in [-0.4, -0.2) is 0 Å². The maximum Gasteiger partial charge on any atom is 0.0991 e. The lowest BCUT2D eigenvalue weighted by molar-refractivity contribution is 1.39. The number of rotatable bonds is 2. The SMILES string of the molecule is N#Cc1ccc(Sc2ccc(Cl)c(Cl)c2)cc1. The van der Waals surface area contributed by atoms with Crippen LogP contribution < -0.4 is 0 Å². The molecule has 0 amide bonds. The minimum Gasteiger partial charge on any atom is -0.192 e. The minimum absolute atomic E-state index is 0.547. The van der Waals surface area contributed by atoms with E-state index in [0.29, 0.717) is 15.6 Å². The smallest absolute Gasteiger partial charge is 0.0991 e. The Balaban J connectivity index is 2.20. The number of hydrogen-bond donors (Lipinski definition) is 0. The van der Waals surface area contributed by atoms with Crippen molar-refractivity contribution >= 4 is 35.0 Å². The Kier molecular flexibility index (Phi) is 3.96. The summed E-state index contributed by atoms with van der Waals surface area (Å²) < 4.78 is 0. The quantitative estimate of drug-likeness (QED) is 0.771. The van der Waals surface area contributed by atoms with Gasteiger partial charge in [-0.15, -0.1) is 0 Å². The van der Waals surface area contributed by atoms with E-state index >= 15 is 0 Å². The highest BCUT2D eigenvalue weighted by molar-refractivity contribution is 7.99. The van der Waals surface area contributed by atoms with Gasteiger partial charge in [-0.05, 0) is 42.5 Å². The number of hydrogen-bond acceptors (Lipinski definition) is 2. The van der Waals surface area contributed by atoms with Crippen molar-refractivity contribution in [2.45, 2.75) is 9.79 Å². The molecule has 2 aromatic carbocycles. The number of benzene rings is 2. The van der Waals surface area contributed by atoms with E-state index in [2.05, 4.69) is 6.07 Å². The normalized spacial score (nSPS) is 9.94.